The minimum absolute atomic E-state index is 0.00331. The van der Waals surface area contributed by atoms with Crippen LogP contribution in [0.1, 0.15) is 6.42 Å². The van der Waals surface area contributed by atoms with Gasteiger partial charge in [-0.05, 0) is 18.2 Å². The van der Waals surface area contributed by atoms with Crippen molar-refractivity contribution in [3.63, 3.8) is 0 Å². The van der Waals surface area contributed by atoms with Crippen molar-refractivity contribution in [3.05, 3.63) is 30.9 Å². The third kappa shape index (κ3) is 3.38. The smallest absolute Gasteiger partial charge is 0.244 e. The Balaban J connectivity index is 2.56. The molecule has 0 aromatic heterocycles. The zero-order valence-electron chi connectivity index (χ0n) is 12.4. The first-order valence-corrected chi connectivity index (χ1v) is 9.66. The van der Waals surface area contributed by atoms with Crippen molar-refractivity contribution in [2.75, 3.05) is 23.7 Å². The highest BCUT2D eigenvalue weighted by Crippen LogP contribution is 2.32. The van der Waals surface area contributed by atoms with Gasteiger partial charge in [-0.25, -0.2) is 25.9 Å². The van der Waals surface area contributed by atoms with Crippen molar-refractivity contribution in [1.29, 1.82) is 0 Å². The van der Waals surface area contributed by atoms with Crippen LogP contribution < -0.4 is 13.8 Å². The minimum atomic E-state index is -3.95. The maximum absolute atomic E-state index is 12.3. The summed E-state index contributed by atoms with van der Waals surface area (Å²) < 4.78 is 56.4. The Morgan fingerprint density at radius 3 is 2.65 bits per heavy atom. The van der Waals surface area contributed by atoms with Crippen LogP contribution in [0.3, 0.4) is 0 Å². The van der Waals surface area contributed by atoms with Crippen LogP contribution >= 0.6 is 0 Å². The van der Waals surface area contributed by atoms with E-state index in [1.54, 1.807) is 0 Å². The standard InChI is InChI=1S/C13H16N2O6S2/c1-3-7-14-23(19,20)12-9-10(4-5-11(12)21-2)15-13(16)6-8-22(15,17)18/h3-5,9,14H,1,6-8H2,2H3. The first kappa shape index (κ1) is 17.4. The molecule has 0 spiro atoms. The Morgan fingerprint density at radius 2 is 2.13 bits per heavy atom. The number of rotatable bonds is 6. The van der Waals surface area contributed by atoms with E-state index < -0.39 is 26.0 Å². The molecular formula is C13H16N2O6S2. The highest BCUT2D eigenvalue weighted by Gasteiger charge is 2.37. The van der Waals surface area contributed by atoms with Gasteiger partial charge in [-0.15, -0.1) is 6.58 Å². The number of benzene rings is 1. The van der Waals surface area contributed by atoms with E-state index in [1.807, 2.05) is 0 Å². The average molecular weight is 360 g/mol. The third-order valence-electron chi connectivity index (χ3n) is 3.17. The van der Waals surface area contributed by atoms with Crippen molar-refractivity contribution in [3.8, 4) is 5.75 Å². The van der Waals surface area contributed by atoms with Gasteiger partial charge in [0.05, 0.1) is 18.6 Å². The number of carbonyl (C=O) groups is 1. The van der Waals surface area contributed by atoms with Gasteiger partial charge in [0.2, 0.25) is 26.0 Å². The molecule has 2 rings (SSSR count). The molecule has 1 aliphatic rings. The van der Waals surface area contributed by atoms with E-state index in [4.69, 9.17) is 4.74 Å². The molecule has 1 aliphatic heterocycles. The van der Waals surface area contributed by atoms with Crippen molar-refractivity contribution in [2.45, 2.75) is 11.3 Å². The van der Waals surface area contributed by atoms with Crippen LogP contribution in [-0.2, 0) is 24.8 Å². The van der Waals surface area contributed by atoms with E-state index in [9.17, 15) is 21.6 Å². The van der Waals surface area contributed by atoms with E-state index in [-0.39, 0.29) is 35.1 Å². The second-order valence-electron chi connectivity index (χ2n) is 4.70. The maximum Gasteiger partial charge on any atom is 0.244 e. The minimum Gasteiger partial charge on any atom is -0.495 e. The fraction of sp³-hybridized carbons (Fsp3) is 0.308. The van der Waals surface area contributed by atoms with Crippen LogP contribution in [0.25, 0.3) is 0 Å². The molecule has 1 heterocycles. The Kier molecular flexibility index (Phi) is 4.78. The Labute approximate surface area is 134 Å². The van der Waals surface area contributed by atoms with Crippen LogP contribution in [0.5, 0.6) is 5.75 Å². The van der Waals surface area contributed by atoms with Gasteiger partial charge in [0.1, 0.15) is 10.6 Å². The summed E-state index contributed by atoms with van der Waals surface area (Å²) in [6, 6.07) is 3.73. The van der Waals surface area contributed by atoms with E-state index in [1.165, 1.54) is 25.3 Å². The summed E-state index contributed by atoms with van der Waals surface area (Å²) in [5.41, 5.74) is -0.0349. The summed E-state index contributed by atoms with van der Waals surface area (Å²) in [6.45, 7) is 3.42. The third-order valence-corrected chi connectivity index (χ3v) is 6.30. The molecule has 0 saturated carbocycles. The summed E-state index contributed by atoms with van der Waals surface area (Å²) in [7, 11) is -6.44. The lowest BCUT2D eigenvalue weighted by Crippen LogP contribution is -2.30. The number of ether oxygens (including phenoxy) is 1. The van der Waals surface area contributed by atoms with E-state index in [0.717, 1.165) is 6.07 Å². The van der Waals surface area contributed by atoms with Gasteiger partial charge >= 0.3 is 0 Å². The van der Waals surface area contributed by atoms with Crippen molar-refractivity contribution in [1.82, 2.24) is 4.72 Å². The van der Waals surface area contributed by atoms with E-state index >= 15 is 0 Å². The molecule has 0 unspecified atom stereocenters. The first-order chi connectivity index (χ1) is 10.7. The van der Waals surface area contributed by atoms with E-state index in [0.29, 0.717) is 4.31 Å². The number of hydrogen-bond acceptors (Lipinski definition) is 6. The molecular weight excluding hydrogens is 344 g/mol. The van der Waals surface area contributed by atoms with Gasteiger partial charge in [0.25, 0.3) is 0 Å². The van der Waals surface area contributed by atoms with Crippen molar-refractivity contribution in [2.24, 2.45) is 0 Å². The molecule has 1 aromatic carbocycles. The van der Waals surface area contributed by atoms with Crippen LogP contribution in [0.15, 0.2) is 35.7 Å². The molecule has 0 radical (unpaired) electrons. The number of nitrogens with one attached hydrogen (secondary N) is 1. The molecule has 0 atom stereocenters. The molecule has 0 aliphatic carbocycles. The zero-order valence-corrected chi connectivity index (χ0v) is 14.0. The fourth-order valence-electron chi connectivity index (χ4n) is 2.12. The predicted molar refractivity (Wildman–Crippen MR) is 84.3 cm³/mol. The monoisotopic (exact) mass is 360 g/mol. The Hall–Kier alpha value is -1.91. The molecule has 23 heavy (non-hydrogen) atoms. The zero-order chi connectivity index (χ0) is 17.3. The fourth-order valence-corrected chi connectivity index (χ4v) is 4.75. The number of sulfonamides is 2. The van der Waals surface area contributed by atoms with Crippen LogP contribution in [-0.4, -0.2) is 42.2 Å². The molecule has 10 heteroatoms. The van der Waals surface area contributed by atoms with Gasteiger partial charge < -0.3 is 4.74 Å². The van der Waals surface area contributed by atoms with E-state index in [2.05, 4.69) is 11.3 Å². The Morgan fingerprint density at radius 1 is 1.43 bits per heavy atom. The molecule has 1 fully saturated rings. The average Bonchev–Trinajstić information content (AvgIpc) is 2.78. The number of carbonyl (C=O) groups excluding carboxylic acids is 1. The summed E-state index contributed by atoms with van der Waals surface area (Å²) in [5, 5.41) is 0. The van der Waals surface area contributed by atoms with Crippen LogP contribution in [0.2, 0.25) is 0 Å². The quantitative estimate of drug-likeness (QED) is 0.727. The molecule has 1 amide bonds. The molecule has 1 N–H and O–H groups in total. The second kappa shape index (κ2) is 6.30. The number of anilines is 1. The lowest BCUT2D eigenvalue weighted by atomic mass is 10.3. The number of methoxy groups -OCH3 is 1. The van der Waals surface area contributed by atoms with Gasteiger partial charge in [0, 0.05) is 13.0 Å². The molecule has 1 aromatic rings. The highest BCUT2D eigenvalue weighted by atomic mass is 32.2. The summed E-state index contributed by atoms with van der Waals surface area (Å²) >= 11 is 0. The summed E-state index contributed by atoms with van der Waals surface area (Å²) in [6.07, 6.45) is 1.23. The molecule has 1 saturated heterocycles. The lowest BCUT2D eigenvalue weighted by molar-refractivity contribution is -0.116. The summed E-state index contributed by atoms with van der Waals surface area (Å²) in [5.74, 6) is -0.860. The van der Waals surface area contributed by atoms with Gasteiger partial charge in [-0.2, -0.15) is 0 Å². The molecule has 8 nitrogen and oxygen atoms in total. The topological polar surface area (TPSA) is 110 Å². The number of amides is 1. The summed E-state index contributed by atoms with van der Waals surface area (Å²) in [4.78, 5) is 11.6. The predicted octanol–water partition coefficient (Wildman–Crippen LogP) is 0.226. The number of hydrogen-bond donors (Lipinski definition) is 1. The highest BCUT2D eigenvalue weighted by molar-refractivity contribution is 7.94. The van der Waals surface area contributed by atoms with Gasteiger partial charge in [-0.1, -0.05) is 6.08 Å². The molecule has 0 bridgehead atoms. The first-order valence-electron chi connectivity index (χ1n) is 6.57. The van der Waals surface area contributed by atoms with Gasteiger partial charge in [-0.3, -0.25) is 4.79 Å². The molecule has 126 valence electrons. The van der Waals surface area contributed by atoms with Crippen LogP contribution in [0.4, 0.5) is 5.69 Å². The largest absolute Gasteiger partial charge is 0.495 e. The SMILES string of the molecule is C=CCNS(=O)(=O)c1cc(N2C(=O)CCS2(=O)=O)ccc1OC. The number of nitrogens with zero attached hydrogens (tertiary/aromatic N) is 1. The van der Waals surface area contributed by atoms with Crippen molar-refractivity contribution >= 4 is 31.6 Å². The van der Waals surface area contributed by atoms with Gasteiger partial charge in [0.15, 0.2) is 0 Å². The Bertz CT molecular complexity index is 845. The van der Waals surface area contributed by atoms with Crippen LogP contribution in [0, 0.1) is 0 Å². The maximum atomic E-state index is 12.3. The lowest BCUT2D eigenvalue weighted by Gasteiger charge is -2.17. The van der Waals surface area contributed by atoms with Crippen molar-refractivity contribution < 1.29 is 26.4 Å². The normalized spacial score (nSPS) is 17.3. The second-order valence-corrected chi connectivity index (χ2v) is 8.37.